The van der Waals surface area contributed by atoms with Gasteiger partial charge in [0.05, 0.1) is 12.1 Å². The normalized spacial score (nSPS) is 18.1. The van der Waals surface area contributed by atoms with Gasteiger partial charge in [-0.25, -0.2) is 0 Å². The van der Waals surface area contributed by atoms with Crippen molar-refractivity contribution < 1.29 is 19.8 Å². The Bertz CT molecular complexity index is 778. The zero-order chi connectivity index (χ0) is 22.5. The first-order valence-electron chi connectivity index (χ1n) is 11.3. The van der Waals surface area contributed by atoms with Crippen LogP contribution in [0.4, 0.5) is 0 Å². The summed E-state index contributed by atoms with van der Waals surface area (Å²) in [7, 11) is 0. The fraction of sp³-hybridized carbons (Fsp3) is 0.538. The number of rotatable bonds is 12. The molecule has 1 amide bonds. The van der Waals surface area contributed by atoms with Crippen LogP contribution in [0.5, 0.6) is 0 Å². The van der Waals surface area contributed by atoms with Gasteiger partial charge < -0.3 is 15.1 Å². The van der Waals surface area contributed by atoms with E-state index in [4.69, 9.17) is 5.11 Å². The van der Waals surface area contributed by atoms with Crippen LogP contribution in [0, 0.1) is 17.8 Å². The smallest absolute Gasteiger partial charge is 0.303 e. The number of benzene rings is 1. The molecule has 0 radical (unpaired) electrons. The molecule has 1 heterocycles. The van der Waals surface area contributed by atoms with Crippen molar-refractivity contribution in [2.75, 3.05) is 6.54 Å². The number of carbonyl (C=O) groups excluding carboxylic acids is 1. The number of hydrogen-bond acceptors (Lipinski definition) is 3. The lowest BCUT2D eigenvalue weighted by Gasteiger charge is -2.23. The minimum Gasteiger partial charge on any atom is -0.481 e. The van der Waals surface area contributed by atoms with Crippen LogP contribution in [0.2, 0.25) is 0 Å². The molecule has 1 aliphatic heterocycles. The molecule has 1 aliphatic rings. The summed E-state index contributed by atoms with van der Waals surface area (Å²) in [5.74, 6) is 5.77. The van der Waals surface area contributed by atoms with Crippen molar-refractivity contribution in [1.29, 1.82) is 0 Å². The number of nitrogens with zero attached hydrogens (tertiary/aromatic N) is 1. The number of unbranched alkanes of at least 4 members (excludes halogenated alkanes) is 3. The molecule has 0 bridgehead atoms. The zero-order valence-electron chi connectivity index (χ0n) is 18.5. The molecular formula is C26H35NO4. The maximum atomic E-state index is 12.2. The van der Waals surface area contributed by atoms with Crippen LogP contribution in [0.1, 0.15) is 63.9 Å². The third-order valence-corrected chi connectivity index (χ3v) is 5.71. The van der Waals surface area contributed by atoms with Crippen LogP contribution >= 0.6 is 0 Å². The van der Waals surface area contributed by atoms with Crippen molar-refractivity contribution >= 4 is 11.9 Å². The topological polar surface area (TPSA) is 77.8 Å². The lowest BCUT2D eigenvalue weighted by Crippen LogP contribution is -2.33. The lowest BCUT2D eigenvalue weighted by atomic mass is 9.99. The van der Waals surface area contributed by atoms with E-state index in [-0.39, 0.29) is 24.3 Å². The summed E-state index contributed by atoms with van der Waals surface area (Å²) in [5.41, 5.74) is 1.19. The summed E-state index contributed by atoms with van der Waals surface area (Å²) in [6.45, 7) is 2.68. The summed E-state index contributed by atoms with van der Waals surface area (Å²) in [6.07, 6.45) is 9.44. The molecule has 0 spiro atoms. The molecule has 0 unspecified atom stereocenters. The minimum absolute atomic E-state index is 0.0271. The van der Waals surface area contributed by atoms with Gasteiger partial charge in [-0.2, -0.15) is 0 Å². The molecule has 5 heteroatoms. The number of aliphatic hydroxyl groups is 1. The van der Waals surface area contributed by atoms with Gasteiger partial charge in [0.2, 0.25) is 5.91 Å². The highest BCUT2D eigenvalue weighted by Gasteiger charge is 2.28. The predicted octanol–water partition coefficient (Wildman–Crippen LogP) is 4.20. The number of carbonyl (C=O) groups is 2. The molecule has 0 aliphatic carbocycles. The van der Waals surface area contributed by atoms with E-state index in [0.29, 0.717) is 25.8 Å². The van der Waals surface area contributed by atoms with Gasteiger partial charge in [-0.1, -0.05) is 68.2 Å². The number of carboxylic acid groups (broad SMARTS) is 1. The molecule has 3 atom stereocenters. The Labute approximate surface area is 186 Å². The van der Waals surface area contributed by atoms with Gasteiger partial charge in [0.25, 0.3) is 0 Å². The largest absolute Gasteiger partial charge is 0.481 e. The van der Waals surface area contributed by atoms with Crippen LogP contribution in [0.3, 0.4) is 0 Å². The first kappa shape index (κ1) is 24.7. The van der Waals surface area contributed by atoms with Gasteiger partial charge in [-0.3, -0.25) is 9.59 Å². The first-order chi connectivity index (χ1) is 15.0. The van der Waals surface area contributed by atoms with E-state index in [1.54, 1.807) is 0 Å². The van der Waals surface area contributed by atoms with Crippen molar-refractivity contribution in [2.24, 2.45) is 5.92 Å². The van der Waals surface area contributed by atoms with Gasteiger partial charge >= 0.3 is 5.97 Å². The van der Waals surface area contributed by atoms with Gasteiger partial charge in [-0.15, -0.1) is 5.92 Å². The van der Waals surface area contributed by atoms with Crippen LogP contribution in [-0.4, -0.2) is 45.7 Å². The standard InChI is InChI=1S/C26H35NO4/c1-21(11-8-9-14-22-12-5-4-6-13-22)24(28)18-16-23-17-19-25(29)27(23)20-10-3-2-7-15-26(30)31/h4-6,12-13,16,18,21,23-24,28H,2-3,7,10-11,14-15,17,19-20H2,1H3,(H,30,31)/t21-,23+,24-/m1/s1. The monoisotopic (exact) mass is 425 g/mol. The van der Waals surface area contributed by atoms with Crippen LogP contribution in [0.25, 0.3) is 0 Å². The average molecular weight is 426 g/mol. The van der Waals surface area contributed by atoms with E-state index in [2.05, 4.69) is 24.0 Å². The second-order valence-corrected chi connectivity index (χ2v) is 8.32. The van der Waals surface area contributed by atoms with Gasteiger partial charge in [-0.05, 0) is 30.7 Å². The van der Waals surface area contributed by atoms with Crippen LogP contribution in [-0.2, 0) is 16.0 Å². The van der Waals surface area contributed by atoms with Gasteiger partial charge in [0.1, 0.15) is 0 Å². The zero-order valence-corrected chi connectivity index (χ0v) is 18.5. The van der Waals surface area contributed by atoms with Crippen LogP contribution < -0.4 is 0 Å². The van der Waals surface area contributed by atoms with Crippen LogP contribution in [0.15, 0.2) is 42.5 Å². The Morgan fingerprint density at radius 3 is 2.68 bits per heavy atom. The summed E-state index contributed by atoms with van der Waals surface area (Å²) < 4.78 is 0. The highest BCUT2D eigenvalue weighted by molar-refractivity contribution is 5.79. The lowest BCUT2D eigenvalue weighted by molar-refractivity contribution is -0.137. The number of carboxylic acids is 1. The minimum atomic E-state index is -0.755. The number of amides is 1. The maximum Gasteiger partial charge on any atom is 0.303 e. The molecule has 31 heavy (non-hydrogen) atoms. The van der Waals surface area contributed by atoms with E-state index in [1.807, 2.05) is 42.2 Å². The second kappa shape index (κ2) is 13.7. The van der Waals surface area contributed by atoms with E-state index in [0.717, 1.165) is 32.1 Å². The molecule has 0 saturated carbocycles. The molecule has 1 saturated heterocycles. The third kappa shape index (κ3) is 9.40. The molecule has 0 aromatic heterocycles. The molecule has 2 rings (SSSR count). The Balaban J connectivity index is 1.73. The fourth-order valence-corrected chi connectivity index (χ4v) is 3.70. The molecule has 5 nitrogen and oxygen atoms in total. The summed E-state index contributed by atoms with van der Waals surface area (Å²) in [5, 5.41) is 19.1. The predicted molar refractivity (Wildman–Crippen MR) is 122 cm³/mol. The molecular weight excluding hydrogens is 390 g/mol. The Hall–Kier alpha value is -2.58. The molecule has 168 valence electrons. The van der Waals surface area contributed by atoms with Crippen molar-refractivity contribution in [2.45, 2.75) is 76.9 Å². The highest BCUT2D eigenvalue weighted by Crippen LogP contribution is 2.22. The molecule has 1 aromatic carbocycles. The fourth-order valence-electron chi connectivity index (χ4n) is 3.70. The molecule has 2 N–H and O–H groups in total. The molecule has 1 fully saturated rings. The molecule has 1 aromatic rings. The van der Waals surface area contributed by atoms with Gasteiger partial charge in [0.15, 0.2) is 0 Å². The Kier molecular flexibility index (Phi) is 10.9. The quantitative estimate of drug-likeness (QED) is 0.299. The van der Waals surface area contributed by atoms with Crippen molar-refractivity contribution in [3.05, 3.63) is 48.0 Å². The summed E-state index contributed by atoms with van der Waals surface area (Å²) in [4.78, 5) is 24.6. The average Bonchev–Trinajstić information content (AvgIpc) is 3.11. The summed E-state index contributed by atoms with van der Waals surface area (Å²) >= 11 is 0. The highest BCUT2D eigenvalue weighted by atomic mass is 16.4. The maximum absolute atomic E-state index is 12.2. The van der Waals surface area contributed by atoms with E-state index in [9.17, 15) is 14.7 Å². The van der Waals surface area contributed by atoms with Crippen molar-refractivity contribution in [1.82, 2.24) is 4.90 Å². The second-order valence-electron chi connectivity index (χ2n) is 8.32. The van der Waals surface area contributed by atoms with E-state index in [1.165, 1.54) is 5.56 Å². The number of aliphatic hydroxyl groups excluding tert-OH is 1. The van der Waals surface area contributed by atoms with Crippen molar-refractivity contribution in [3.63, 3.8) is 0 Å². The van der Waals surface area contributed by atoms with E-state index < -0.39 is 12.1 Å². The number of likely N-dealkylation sites (tertiary alicyclic amines) is 1. The van der Waals surface area contributed by atoms with E-state index >= 15 is 0 Å². The summed E-state index contributed by atoms with van der Waals surface area (Å²) in [6, 6.07) is 10.1. The van der Waals surface area contributed by atoms with Crippen molar-refractivity contribution in [3.8, 4) is 11.8 Å². The van der Waals surface area contributed by atoms with Gasteiger partial charge in [0, 0.05) is 32.2 Å². The number of aliphatic carboxylic acids is 1. The third-order valence-electron chi connectivity index (χ3n) is 5.71. The Morgan fingerprint density at radius 2 is 1.94 bits per heavy atom. The SMILES string of the molecule is C[C@H](CC#CCc1ccccc1)[C@H](O)C=C[C@H]1CCC(=O)N1CCCCCCC(=O)O. The number of hydrogen-bond donors (Lipinski definition) is 2. The Morgan fingerprint density at radius 1 is 1.19 bits per heavy atom. The first-order valence-corrected chi connectivity index (χ1v) is 11.3.